The van der Waals surface area contributed by atoms with E-state index in [0.717, 1.165) is 69.1 Å². The van der Waals surface area contributed by atoms with E-state index in [0.29, 0.717) is 5.58 Å². The Balaban J connectivity index is 1.66. The highest BCUT2D eigenvalue weighted by molar-refractivity contribution is 5.79. The van der Waals surface area contributed by atoms with Crippen LogP contribution in [-0.2, 0) is 4.79 Å². The highest BCUT2D eigenvalue weighted by atomic mass is 19.1. The fourth-order valence-electron chi connectivity index (χ4n) is 5.23. The van der Waals surface area contributed by atoms with Crippen LogP contribution in [0, 0.1) is 11.7 Å². The second-order valence-corrected chi connectivity index (χ2v) is 9.38. The largest absolute Gasteiger partial charge is 0.481 e. The van der Waals surface area contributed by atoms with Crippen LogP contribution in [0.3, 0.4) is 0 Å². The number of hydrogen-bond donors (Lipinski definition) is 1. The van der Waals surface area contributed by atoms with Crippen molar-refractivity contribution in [2.45, 2.75) is 96.4 Å². The molecule has 0 saturated carbocycles. The molecule has 1 saturated heterocycles. The zero-order valence-corrected chi connectivity index (χ0v) is 19.7. The SMILES string of the molecule is CCCCCCC[C@@H](C(CCCC)C(=O)O)N1CCC(c2noc3cc(F)ccc23)CC1. The van der Waals surface area contributed by atoms with Crippen LogP contribution in [0.5, 0.6) is 0 Å². The number of carboxylic acid groups (broad SMARTS) is 1. The molecule has 1 aliphatic heterocycles. The maximum atomic E-state index is 13.5. The van der Waals surface area contributed by atoms with E-state index in [-0.39, 0.29) is 23.7 Å². The first kappa shape index (κ1) is 24.7. The van der Waals surface area contributed by atoms with Gasteiger partial charge in [0.2, 0.25) is 0 Å². The Morgan fingerprint density at radius 3 is 2.53 bits per heavy atom. The Hall–Kier alpha value is -1.95. The number of piperidine rings is 1. The molecule has 1 N–H and O–H groups in total. The topological polar surface area (TPSA) is 66.6 Å². The summed E-state index contributed by atoms with van der Waals surface area (Å²) in [5, 5.41) is 15.2. The lowest BCUT2D eigenvalue weighted by molar-refractivity contribution is -0.145. The summed E-state index contributed by atoms with van der Waals surface area (Å²) in [5.74, 6) is -0.997. The molecule has 2 aromatic rings. The molecular weight excluding hydrogens is 407 g/mol. The minimum absolute atomic E-state index is 0.102. The van der Waals surface area contributed by atoms with Gasteiger partial charge in [0, 0.05) is 23.4 Å². The number of carbonyl (C=O) groups is 1. The number of benzene rings is 1. The van der Waals surface area contributed by atoms with Crippen LogP contribution >= 0.6 is 0 Å². The molecule has 1 aromatic carbocycles. The lowest BCUT2D eigenvalue weighted by atomic mass is 9.85. The number of carboxylic acids is 1. The second kappa shape index (κ2) is 12.3. The first-order valence-electron chi connectivity index (χ1n) is 12.6. The predicted octanol–water partition coefficient (Wildman–Crippen LogP) is 6.77. The van der Waals surface area contributed by atoms with Crippen molar-refractivity contribution in [1.29, 1.82) is 0 Å². The maximum Gasteiger partial charge on any atom is 0.308 e. The second-order valence-electron chi connectivity index (χ2n) is 9.38. The van der Waals surface area contributed by atoms with E-state index in [1.54, 1.807) is 6.07 Å². The quantitative estimate of drug-likeness (QED) is 0.344. The normalized spacial score (nSPS) is 17.6. The zero-order valence-electron chi connectivity index (χ0n) is 19.7. The Kier molecular flexibility index (Phi) is 9.51. The summed E-state index contributed by atoms with van der Waals surface area (Å²) < 4.78 is 18.9. The number of likely N-dealkylation sites (tertiary alicyclic amines) is 1. The Morgan fingerprint density at radius 2 is 1.84 bits per heavy atom. The number of unbranched alkanes of at least 4 members (excludes halogenated alkanes) is 5. The standard InChI is InChI=1S/C26H39FN2O3/c1-3-5-7-8-9-11-23(21(26(30)31)10-6-4-2)29-16-14-19(15-17-29)25-22-13-12-20(27)18-24(22)32-28-25/h12-13,18-19,21,23H,3-11,14-17H2,1-2H3,(H,30,31)/t21?,23-/m0/s1. The number of hydrogen-bond acceptors (Lipinski definition) is 4. The van der Waals surface area contributed by atoms with Crippen molar-refractivity contribution in [2.75, 3.05) is 13.1 Å². The molecule has 1 fully saturated rings. The van der Waals surface area contributed by atoms with E-state index in [1.165, 1.54) is 37.8 Å². The van der Waals surface area contributed by atoms with Crippen molar-refractivity contribution >= 4 is 16.9 Å². The summed E-state index contributed by atoms with van der Waals surface area (Å²) in [6, 6.07) is 4.70. The van der Waals surface area contributed by atoms with Crippen molar-refractivity contribution in [1.82, 2.24) is 10.1 Å². The summed E-state index contributed by atoms with van der Waals surface area (Å²) in [5.41, 5.74) is 1.41. The van der Waals surface area contributed by atoms with Crippen LogP contribution < -0.4 is 0 Å². The van der Waals surface area contributed by atoms with Gasteiger partial charge in [0.15, 0.2) is 5.58 Å². The van der Waals surface area contributed by atoms with Crippen LogP contribution in [0.15, 0.2) is 22.7 Å². The van der Waals surface area contributed by atoms with Gasteiger partial charge in [-0.2, -0.15) is 0 Å². The van der Waals surface area contributed by atoms with Crippen molar-refractivity contribution < 1.29 is 18.8 Å². The summed E-state index contributed by atoms with van der Waals surface area (Å²) in [6.45, 7) is 6.08. The van der Waals surface area contributed by atoms with E-state index in [2.05, 4.69) is 23.9 Å². The molecule has 5 nitrogen and oxygen atoms in total. The molecule has 6 heteroatoms. The van der Waals surface area contributed by atoms with Crippen LogP contribution in [0.4, 0.5) is 4.39 Å². The molecule has 1 aromatic heterocycles. The third kappa shape index (κ3) is 6.31. The van der Waals surface area contributed by atoms with Gasteiger partial charge >= 0.3 is 5.97 Å². The molecule has 0 spiro atoms. The smallest absolute Gasteiger partial charge is 0.308 e. The third-order valence-electron chi connectivity index (χ3n) is 7.10. The molecule has 1 unspecified atom stereocenters. The van der Waals surface area contributed by atoms with Gasteiger partial charge < -0.3 is 9.63 Å². The molecule has 0 aliphatic carbocycles. The molecular formula is C26H39FN2O3. The van der Waals surface area contributed by atoms with Crippen LogP contribution in [0.2, 0.25) is 0 Å². The number of nitrogens with zero attached hydrogens (tertiary/aromatic N) is 2. The average Bonchev–Trinajstić information content (AvgIpc) is 3.20. The zero-order chi connectivity index (χ0) is 22.9. The number of aliphatic carboxylic acids is 1. The lowest BCUT2D eigenvalue weighted by Crippen LogP contribution is -2.47. The van der Waals surface area contributed by atoms with E-state index in [9.17, 15) is 14.3 Å². The number of rotatable bonds is 13. The predicted molar refractivity (Wildman–Crippen MR) is 125 cm³/mol. The first-order chi connectivity index (χ1) is 15.5. The summed E-state index contributed by atoms with van der Waals surface area (Å²) >= 11 is 0. The van der Waals surface area contributed by atoms with Gasteiger partial charge in [-0.3, -0.25) is 9.69 Å². The summed E-state index contributed by atoms with van der Waals surface area (Å²) in [6.07, 6.45) is 11.5. The molecule has 178 valence electrons. The third-order valence-corrected chi connectivity index (χ3v) is 7.10. The van der Waals surface area contributed by atoms with E-state index >= 15 is 0 Å². The van der Waals surface area contributed by atoms with E-state index in [4.69, 9.17) is 4.52 Å². The molecule has 0 radical (unpaired) electrons. The highest BCUT2D eigenvalue weighted by Gasteiger charge is 2.35. The Bertz CT molecular complexity index is 845. The summed E-state index contributed by atoms with van der Waals surface area (Å²) in [4.78, 5) is 14.6. The van der Waals surface area contributed by atoms with Crippen LogP contribution in [-0.4, -0.2) is 40.3 Å². The Morgan fingerprint density at radius 1 is 1.12 bits per heavy atom. The van der Waals surface area contributed by atoms with Crippen LogP contribution in [0.25, 0.3) is 11.0 Å². The Labute approximate surface area is 191 Å². The number of halogens is 1. The molecule has 0 bridgehead atoms. The summed E-state index contributed by atoms with van der Waals surface area (Å²) in [7, 11) is 0. The van der Waals surface area contributed by atoms with Crippen LogP contribution in [0.1, 0.15) is 96.1 Å². The molecule has 1 aliphatic rings. The maximum absolute atomic E-state index is 13.5. The van der Waals surface area contributed by atoms with E-state index in [1.807, 2.05) is 0 Å². The highest BCUT2D eigenvalue weighted by Crippen LogP contribution is 2.35. The average molecular weight is 447 g/mol. The fraction of sp³-hybridized carbons (Fsp3) is 0.692. The van der Waals surface area contributed by atoms with Crippen molar-refractivity contribution in [2.24, 2.45) is 5.92 Å². The number of aromatic nitrogens is 1. The minimum Gasteiger partial charge on any atom is -0.481 e. The molecule has 32 heavy (non-hydrogen) atoms. The number of fused-ring (bicyclic) bond motifs is 1. The minimum atomic E-state index is -0.649. The molecule has 3 rings (SSSR count). The molecule has 2 heterocycles. The van der Waals surface area contributed by atoms with Gasteiger partial charge in [0.05, 0.1) is 11.6 Å². The van der Waals surface area contributed by atoms with Gasteiger partial charge in [0.1, 0.15) is 5.82 Å². The van der Waals surface area contributed by atoms with Gasteiger partial charge in [0.25, 0.3) is 0 Å². The van der Waals surface area contributed by atoms with Crippen molar-refractivity contribution in [3.05, 3.63) is 29.7 Å². The lowest BCUT2D eigenvalue weighted by Gasteiger charge is -2.40. The van der Waals surface area contributed by atoms with E-state index < -0.39 is 5.97 Å². The first-order valence-corrected chi connectivity index (χ1v) is 12.6. The fourth-order valence-corrected chi connectivity index (χ4v) is 5.23. The van der Waals surface area contributed by atoms with Gasteiger partial charge in [-0.05, 0) is 50.9 Å². The van der Waals surface area contributed by atoms with Gasteiger partial charge in [-0.1, -0.05) is 63.9 Å². The van der Waals surface area contributed by atoms with Gasteiger partial charge in [-0.15, -0.1) is 0 Å². The molecule has 0 amide bonds. The van der Waals surface area contributed by atoms with Gasteiger partial charge in [-0.25, -0.2) is 4.39 Å². The monoisotopic (exact) mass is 446 g/mol. The van der Waals surface area contributed by atoms with Crippen molar-refractivity contribution in [3.8, 4) is 0 Å². The molecule has 2 atom stereocenters. The van der Waals surface area contributed by atoms with Crippen molar-refractivity contribution in [3.63, 3.8) is 0 Å².